The first-order chi connectivity index (χ1) is 16.5. The predicted molar refractivity (Wildman–Crippen MR) is 124 cm³/mol. The molecule has 4 aromatic rings. The summed E-state index contributed by atoms with van der Waals surface area (Å²) in [6.45, 7) is -0.432. The van der Waals surface area contributed by atoms with Crippen LogP contribution in [-0.4, -0.2) is 23.3 Å². The highest BCUT2D eigenvalue weighted by molar-refractivity contribution is 5.90. The molecule has 1 heterocycles. The molecule has 0 spiro atoms. The van der Waals surface area contributed by atoms with Gasteiger partial charge in [0.05, 0.1) is 11.5 Å². The summed E-state index contributed by atoms with van der Waals surface area (Å²) in [5, 5.41) is 1.92. The largest absolute Gasteiger partial charge is 0.457 e. The highest BCUT2D eigenvalue weighted by Crippen LogP contribution is 2.25. The van der Waals surface area contributed by atoms with E-state index in [0.717, 1.165) is 22.4 Å². The van der Waals surface area contributed by atoms with Crippen LogP contribution >= 0.6 is 0 Å². The fourth-order valence-electron chi connectivity index (χ4n) is 3.82. The van der Waals surface area contributed by atoms with E-state index >= 15 is 4.39 Å². The second kappa shape index (κ2) is 10.3. The summed E-state index contributed by atoms with van der Waals surface area (Å²) in [4.78, 5) is 29.3. The van der Waals surface area contributed by atoms with Crippen molar-refractivity contribution >= 4 is 22.5 Å². The number of ether oxygens (including phenoxy) is 1. The average molecular weight is 460 g/mol. The fourth-order valence-corrected chi connectivity index (χ4v) is 3.82. The minimum absolute atomic E-state index is 0.0257. The maximum absolute atomic E-state index is 15.3. The van der Waals surface area contributed by atoms with E-state index in [1.165, 1.54) is 30.3 Å². The molecule has 1 atom stereocenters. The molecule has 34 heavy (non-hydrogen) atoms. The number of hydrogen-bond donors (Lipinski definition) is 1. The number of carbonyl (C=O) groups is 2. The van der Waals surface area contributed by atoms with Crippen LogP contribution in [0, 0.1) is 11.6 Å². The number of hydrogen-bond acceptors (Lipinski definition) is 5. The molecule has 0 amide bonds. The molecule has 172 valence electrons. The third kappa shape index (κ3) is 5.15. The lowest BCUT2D eigenvalue weighted by Gasteiger charge is -2.17. The number of halogens is 2. The summed E-state index contributed by atoms with van der Waals surface area (Å²) >= 11 is 0. The molecule has 0 saturated carbocycles. The van der Waals surface area contributed by atoms with Gasteiger partial charge < -0.3 is 10.5 Å². The van der Waals surface area contributed by atoms with E-state index in [4.69, 9.17) is 10.5 Å². The third-order valence-electron chi connectivity index (χ3n) is 5.61. The molecule has 5 nitrogen and oxygen atoms in total. The molecule has 7 heteroatoms. The first-order valence-corrected chi connectivity index (χ1v) is 10.7. The summed E-state index contributed by atoms with van der Waals surface area (Å²) in [7, 11) is 0. The normalized spacial score (nSPS) is 11.9. The van der Waals surface area contributed by atoms with Crippen molar-refractivity contribution in [2.75, 3.05) is 6.54 Å². The molecular weight excluding hydrogens is 438 g/mol. The highest BCUT2D eigenvalue weighted by atomic mass is 19.1. The first-order valence-electron chi connectivity index (χ1n) is 10.7. The number of aromatic nitrogens is 1. The molecule has 4 rings (SSSR count). The minimum Gasteiger partial charge on any atom is -0.457 e. The summed E-state index contributed by atoms with van der Waals surface area (Å²) in [6.07, 6.45) is 3.52. The van der Waals surface area contributed by atoms with Gasteiger partial charge >= 0.3 is 5.97 Å². The van der Waals surface area contributed by atoms with Gasteiger partial charge in [-0.3, -0.25) is 9.78 Å². The molecule has 0 radical (unpaired) electrons. The van der Waals surface area contributed by atoms with Crippen molar-refractivity contribution in [2.24, 2.45) is 5.73 Å². The Morgan fingerprint density at radius 3 is 2.59 bits per heavy atom. The van der Waals surface area contributed by atoms with Gasteiger partial charge in [-0.1, -0.05) is 42.5 Å². The number of benzene rings is 3. The lowest BCUT2D eigenvalue weighted by atomic mass is 9.89. The Labute approximate surface area is 195 Å². The lowest BCUT2D eigenvalue weighted by Crippen LogP contribution is -2.24. The lowest BCUT2D eigenvalue weighted by molar-refractivity contribution is -0.119. The van der Waals surface area contributed by atoms with E-state index in [-0.39, 0.29) is 42.0 Å². The van der Waals surface area contributed by atoms with Gasteiger partial charge in [-0.05, 0) is 40.8 Å². The highest BCUT2D eigenvalue weighted by Gasteiger charge is 2.24. The average Bonchev–Trinajstić information content (AvgIpc) is 2.84. The van der Waals surface area contributed by atoms with Crippen LogP contribution in [0.4, 0.5) is 8.78 Å². The van der Waals surface area contributed by atoms with Crippen LogP contribution in [0.1, 0.15) is 33.0 Å². The van der Waals surface area contributed by atoms with E-state index in [1.807, 2.05) is 24.3 Å². The van der Waals surface area contributed by atoms with Crippen LogP contribution in [0.2, 0.25) is 0 Å². The first kappa shape index (κ1) is 23.2. The van der Waals surface area contributed by atoms with Crippen LogP contribution in [0.5, 0.6) is 0 Å². The number of fused-ring (bicyclic) bond motifs is 1. The summed E-state index contributed by atoms with van der Waals surface area (Å²) < 4.78 is 33.7. The second-order valence-electron chi connectivity index (χ2n) is 7.90. The van der Waals surface area contributed by atoms with E-state index in [9.17, 15) is 14.0 Å². The second-order valence-corrected chi connectivity index (χ2v) is 7.90. The zero-order valence-corrected chi connectivity index (χ0v) is 18.2. The van der Waals surface area contributed by atoms with Crippen LogP contribution in [0.15, 0.2) is 79.1 Å². The fraction of sp³-hybridized carbons (Fsp3) is 0.148. The molecule has 0 aliphatic rings. The molecular formula is C27H22F2N2O3. The van der Waals surface area contributed by atoms with E-state index in [2.05, 4.69) is 4.98 Å². The summed E-state index contributed by atoms with van der Waals surface area (Å²) in [5.41, 5.74) is 6.94. The van der Waals surface area contributed by atoms with Gasteiger partial charge in [-0.2, -0.15) is 0 Å². The van der Waals surface area contributed by atoms with Crippen molar-refractivity contribution in [1.29, 1.82) is 0 Å². The Kier molecular flexibility index (Phi) is 7.04. The zero-order chi connectivity index (χ0) is 24.1. The number of pyridine rings is 1. The Morgan fingerprint density at radius 1 is 0.971 bits per heavy atom. The summed E-state index contributed by atoms with van der Waals surface area (Å²) in [6, 6.07) is 17.1. The quantitative estimate of drug-likeness (QED) is 0.385. The van der Waals surface area contributed by atoms with Gasteiger partial charge in [0.1, 0.15) is 24.0 Å². The van der Waals surface area contributed by atoms with Crippen LogP contribution < -0.4 is 5.73 Å². The number of rotatable bonds is 8. The molecule has 0 aliphatic carbocycles. The van der Waals surface area contributed by atoms with E-state index in [1.54, 1.807) is 18.5 Å². The van der Waals surface area contributed by atoms with Gasteiger partial charge in [0, 0.05) is 36.3 Å². The minimum atomic E-state index is -0.855. The van der Waals surface area contributed by atoms with Crippen molar-refractivity contribution < 1.29 is 23.1 Å². The van der Waals surface area contributed by atoms with Crippen LogP contribution in [-0.2, 0) is 22.6 Å². The summed E-state index contributed by atoms with van der Waals surface area (Å²) in [5.74, 6) is -3.07. The molecule has 0 bridgehead atoms. The van der Waals surface area contributed by atoms with Gasteiger partial charge in [0.25, 0.3) is 0 Å². The molecule has 1 unspecified atom stereocenters. The maximum atomic E-state index is 15.3. The number of nitrogens with two attached hydrogens (primary N) is 1. The maximum Gasteiger partial charge on any atom is 0.338 e. The van der Waals surface area contributed by atoms with Gasteiger partial charge in [-0.15, -0.1) is 0 Å². The SMILES string of the molecule is NCC(C(=O)Cc1ccc2cnccc2c1)c1cccc(COC(=O)c2cccc(F)c2)c1F. The van der Waals surface area contributed by atoms with E-state index in [0.29, 0.717) is 0 Å². The van der Waals surface area contributed by atoms with E-state index < -0.39 is 23.5 Å². The number of Topliss-reactive ketones (excluding diaryl/α,β-unsaturated/α-hetero) is 1. The number of ketones is 1. The molecule has 1 aromatic heterocycles. The van der Waals surface area contributed by atoms with Gasteiger partial charge in [-0.25, -0.2) is 13.6 Å². The van der Waals surface area contributed by atoms with Crippen LogP contribution in [0.3, 0.4) is 0 Å². The van der Waals surface area contributed by atoms with Gasteiger partial charge in [0.2, 0.25) is 0 Å². The Bertz CT molecular complexity index is 1360. The number of carbonyl (C=O) groups excluding carboxylic acids is 2. The zero-order valence-electron chi connectivity index (χ0n) is 18.2. The topological polar surface area (TPSA) is 82.3 Å². The number of nitrogens with zero attached hydrogens (tertiary/aromatic N) is 1. The Hall–Kier alpha value is -3.97. The van der Waals surface area contributed by atoms with Gasteiger partial charge in [0.15, 0.2) is 0 Å². The molecule has 0 fully saturated rings. The van der Waals surface area contributed by atoms with Crippen molar-refractivity contribution in [1.82, 2.24) is 4.98 Å². The smallest absolute Gasteiger partial charge is 0.338 e. The molecule has 0 saturated heterocycles. The predicted octanol–water partition coefficient (Wildman–Crippen LogP) is 4.72. The van der Waals surface area contributed by atoms with Crippen molar-refractivity contribution in [2.45, 2.75) is 18.9 Å². The van der Waals surface area contributed by atoms with Crippen molar-refractivity contribution in [3.63, 3.8) is 0 Å². The van der Waals surface area contributed by atoms with Crippen molar-refractivity contribution in [3.05, 3.63) is 113 Å². The number of esters is 1. The molecule has 3 aromatic carbocycles. The third-order valence-corrected chi connectivity index (χ3v) is 5.61. The van der Waals surface area contributed by atoms with Crippen LogP contribution in [0.25, 0.3) is 10.8 Å². The van der Waals surface area contributed by atoms with Crippen molar-refractivity contribution in [3.8, 4) is 0 Å². The standard InChI is InChI=1S/C27H22F2N2O3/c28-22-5-1-3-19(13-22)27(33)34-16-21-4-2-6-23(26(21)29)24(14-30)25(32)12-17-7-8-20-15-31-10-9-18(20)11-17/h1-11,13,15,24H,12,14,16,30H2. The monoisotopic (exact) mass is 460 g/mol. The molecule has 0 aliphatic heterocycles. The molecule has 2 N–H and O–H groups in total. The Balaban J connectivity index is 1.49. The Morgan fingerprint density at radius 2 is 1.79 bits per heavy atom.